The first-order valence-electron chi connectivity index (χ1n) is 6.05. The second-order valence-electron chi connectivity index (χ2n) is 4.70. The van der Waals surface area contributed by atoms with Crippen molar-refractivity contribution in [3.8, 4) is 0 Å². The van der Waals surface area contributed by atoms with Crippen LogP contribution >= 0.6 is 11.3 Å². The van der Waals surface area contributed by atoms with Crippen molar-refractivity contribution in [2.24, 2.45) is 5.92 Å². The fourth-order valence-electron chi connectivity index (χ4n) is 1.69. The van der Waals surface area contributed by atoms with Crippen molar-refractivity contribution in [1.29, 1.82) is 0 Å². The monoisotopic (exact) mass is 240 g/mol. The molecule has 3 nitrogen and oxygen atoms in total. The van der Waals surface area contributed by atoms with Crippen molar-refractivity contribution in [3.63, 3.8) is 0 Å². The molecule has 0 aliphatic heterocycles. The number of rotatable bonds is 7. The van der Waals surface area contributed by atoms with Crippen molar-refractivity contribution >= 4 is 11.3 Å². The quantitative estimate of drug-likeness (QED) is 0.767. The fraction of sp³-hybridized carbons (Fsp3) is 0.750. The molecule has 2 rings (SSSR count). The van der Waals surface area contributed by atoms with E-state index in [0.29, 0.717) is 5.92 Å². The zero-order valence-corrected chi connectivity index (χ0v) is 10.6. The lowest BCUT2D eigenvalue weighted by Gasteiger charge is -2.09. The third-order valence-electron chi connectivity index (χ3n) is 2.92. The molecule has 1 aliphatic carbocycles. The number of hydrogen-bond donors (Lipinski definition) is 2. The van der Waals surface area contributed by atoms with Crippen molar-refractivity contribution in [2.45, 2.75) is 38.6 Å². The third-order valence-corrected chi connectivity index (χ3v) is 3.97. The van der Waals surface area contributed by atoms with Gasteiger partial charge in [0.25, 0.3) is 0 Å². The van der Waals surface area contributed by atoms with Crippen molar-refractivity contribution in [3.05, 3.63) is 16.1 Å². The molecule has 0 saturated heterocycles. The van der Waals surface area contributed by atoms with Crippen LogP contribution in [0.5, 0.6) is 0 Å². The predicted molar refractivity (Wildman–Crippen MR) is 66.7 cm³/mol. The lowest BCUT2D eigenvalue weighted by Crippen LogP contribution is -2.21. The van der Waals surface area contributed by atoms with Crippen molar-refractivity contribution < 1.29 is 5.11 Å². The van der Waals surface area contributed by atoms with E-state index in [4.69, 9.17) is 5.11 Å². The highest BCUT2D eigenvalue weighted by atomic mass is 32.1. The van der Waals surface area contributed by atoms with Gasteiger partial charge >= 0.3 is 0 Å². The fourth-order valence-corrected chi connectivity index (χ4v) is 2.68. The molecule has 0 radical (unpaired) electrons. The lowest BCUT2D eigenvalue weighted by molar-refractivity contribution is 0.260. The summed E-state index contributed by atoms with van der Waals surface area (Å²) in [5, 5.41) is 15.7. The van der Waals surface area contributed by atoms with Gasteiger partial charge in [0.05, 0.1) is 10.7 Å². The van der Waals surface area contributed by atoms with Gasteiger partial charge < -0.3 is 10.4 Å². The van der Waals surface area contributed by atoms with Gasteiger partial charge in [-0.3, -0.25) is 0 Å². The molecule has 1 saturated carbocycles. The maximum atomic E-state index is 8.79. The van der Waals surface area contributed by atoms with Gasteiger partial charge in [0.1, 0.15) is 0 Å². The van der Waals surface area contributed by atoms with E-state index in [9.17, 15) is 0 Å². The highest BCUT2D eigenvalue weighted by Gasteiger charge is 2.26. The predicted octanol–water partition coefficient (Wildman–Crippen LogP) is 2.13. The first kappa shape index (κ1) is 12.0. The summed E-state index contributed by atoms with van der Waals surface area (Å²) in [7, 11) is 0. The highest BCUT2D eigenvalue weighted by Crippen LogP contribution is 2.41. The van der Waals surface area contributed by atoms with Crippen LogP contribution in [0.4, 0.5) is 0 Å². The molecule has 1 aromatic heterocycles. The Kier molecular flexibility index (Phi) is 4.32. The molecule has 1 aliphatic rings. The van der Waals surface area contributed by atoms with Gasteiger partial charge in [-0.05, 0) is 31.7 Å². The Labute approximate surface area is 101 Å². The van der Waals surface area contributed by atoms with Crippen LogP contribution in [0.2, 0.25) is 0 Å². The smallest absolute Gasteiger partial charge is 0.0959 e. The minimum Gasteiger partial charge on any atom is -0.396 e. The van der Waals surface area contributed by atoms with Gasteiger partial charge in [0.2, 0.25) is 0 Å². The van der Waals surface area contributed by atoms with Gasteiger partial charge in [-0.2, -0.15) is 0 Å². The maximum absolute atomic E-state index is 8.79. The Morgan fingerprint density at radius 3 is 3.12 bits per heavy atom. The second-order valence-corrected chi connectivity index (χ2v) is 5.59. The molecule has 0 amide bonds. The summed E-state index contributed by atoms with van der Waals surface area (Å²) in [6.07, 6.45) is 3.53. The first-order chi connectivity index (χ1) is 7.79. The molecule has 4 heteroatoms. The van der Waals surface area contributed by atoms with Gasteiger partial charge in [-0.1, -0.05) is 6.92 Å². The Morgan fingerprint density at radius 2 is 2.44 bits per heavy atom. The summed E-state index contributed by atoms with van der Waals surface area (Å²) in [4.78, 5) is 4.62. The molecule has 1 fully saturated rings. The van der Waals surface area contributed by atoms with Crippen LogP contribution in [-0.4, -0.2) is 23.2 Å². The van der Waals surface area contributed by atoms with Crippen molar-refractivity contribution in [2.75, 3.05) is 13.2 Å². The standard InChI is InChI=1S/C12H20N2OS/c1-9(4-5-15)6-13-7-11-8-16-12(14-11)10-2-3-10/h8-10,13,15H,2-7H2,1H3. The molecule has 0 bridgehead atoms. The number of nitrogens with zero attached hydrogens (tertiary/aromatic N) is 1. The third kappa shape index (κ3) is 3.54. The Balaban J connectivity index is 1.68. The van der Waals surface area contributed by atoms with Gasteiger partial charge in [-0.25, -0.2) is 4.98 Å². The van der Waals surface area contributed by atoms with Gasteiger partial charge in [0.15, 0.2) is 0 Å². The second kappa shape index (κ2) is 5.75. The van der Waals surface area contributed by atoms with Gasteiger partial charge in [0, 0.05) is 24.4 Å². The molecule has 1 aromatic rings. The van der Waals surface area contributed by atoms with Crippen LogP contribution in [0.15, 0.2) is 5.38 Å². The molecule has 1 atom stereocenters. The normalized spacial score (nSPS) is 17.6. The molecule has 0 aromatic carbocycles. The van der Waals surface area contributed by atoms with Crippen LogP contribution in [-0.2, 0) is 6.54 Å². The molecular formula is C12H20N2OS. The van der Waals surface area contributed by atoms with Crippen LogP contribution in [0.1, 0.15) is 42.8 Å². The number of thiazole rings is 1. The number of aromatic nitrogens is 1. The van der Waals surface area contributed by atoms with Crippen LogP contribution in [0.25, 0.3) is 0 Å². The van der Waals surface area contributed by atoms with E-state index in [0.717, 1.165) is 25.4 Å². The molecule has 1 unspecified atom stereocenters. The van der Waals surface area contributed by atoms with E-state index < -0.39 is 0 Å². The molecule has 16 heavy (non-hydrogen) atoms. The summed E-state index contributed by atoms with van der Waals surface area (Å²) in [5.74, 6) is 1.30. The average molecular weight is 240 g/mol. The van der Waals surface area contributed by atoms with Crippen molar-refractivity contribution in [1.82, 2.24) is 10.3 Å². The van der Waals surface area contributed by atoms with E-state index >= 15 is 0 Å². The molecule has 0 spiro atoms. The number of aliphatic hydroxyl groups excluding tert-OH is 1. The van der Waals surface area contributed by atoms with E-state index in [1.165, 1.54) is 23.5 Å². The van der Waals surface area contributed by atoms with Crippen LogP contribution in [0.3, 0.4) is 0 Å². The molecular weight excluding hydrogens is 220 g/mol. The zero-order valence-electron chi connectivity index (χ0n) is 9.78. The minimum absolute atomic E-state index is 0.283. The first-order valence-corrected chi connectivity index (χ1v) is 6.93. The largest absolute Gasteiger partial charge is 0.396 e. The Bertz CT molecular complexity index is 323. The van der Waals surface area contributed by atoms with Gasteiger partial charge in [-0.15, -0.1) is 11.3 Å². The lowest BCUT2D eigenvalue weighted by atomic mass is 10.1. The molecule has 90 valence electrons. The van der Waals surface area contributed by atoms with Crippen LogP contribution < -0.4 is 5.32 Å². The van der Waals surface area contributed by atoms with E-state index in [-0.39, 0.29) is 6.61 Å². The summed E-state index contributed by atoms with van der Waals surface area (Å²) >= 11 is 1.80. The zero-order chi connectivity index (χ0) is 11.4. The highest BCUT2D eigenvalue weighted by molar-refractivity contribution is 7.09. The average Bonchev–Trinajstić information content (AvgIpc) is 3.00. The van der Waals surface area contributed by atoms with Crippen LogP contribution in [0, 0.1) is 5.92 Å². The maximum Gasteiger partial charge on any atom is 0.0959 e. The van der Waals surface area contributed by atoms with E-state index in [2.05, 4.69) is 22.6 Å². The number of nitrogens with one attached hydrogen (secondary N) is 1. The summed E-state index contributed by atoms with van der Waals surface area (Å²) in [6.45, 7) is 4.25. The summed E-state index contributed by atoms with van der Waals surface area (Å²) in [6, 6.07) is 0. The SMILES string of the molecule is CC(CCO)CNCc1csc(C2CC2)n1. The number of aliphatic hydroxyl groups is 1. The molecule has 2 N–H and O–H groups in total. The minimum atomic E-state index is 0.283. The molecule has 1 heterocycles. The van der Waals surface area contributed by atoms with E-state index in [1.807, 2.05) is 0 Å². The number of hydrogen-bond acceptors (Lipinski definition) is 4. The van der Waals surface area contributed by atoms with E-state index in [1.54, 1.807) is 11.3 Å². The Hall–Kier alpha value is -0.450. The summed E-state index contributed by atoms with van der Waals surface area (Å²) < 4.78 is 0. The topological polar surface area (TPSA) is 45.1 Å². The summed E-state index contributed by atoms with van der Waals surface area (Å²) in [5.41, 5.74) is 1.17. The Morgan fingerprint density at radius 1 is 1.62 bits per heavy atom.